The van der Waals surface area contributed by atoms with Crippen LogP contribution in [0.2, 0.25) is 0 Å². The number of carbonyl (C=O) groups excluding carboxylic acids is 2. The van der Waals surface area contributed by atoms with E-state index in [0.29, 0.717) is 18.4 Å². The molecule has 1 N–H and O–H groups in total. The number of hydrogen-bond acceptors (Lipinski definition) is 3. The van der Waals surface area contributed by atoms with Crippen molar-refractivity contribution in [2.75, 3.05) is 32.7 Å². The van der Waals surface area contributed by atoms with Gasteiger partial charge in [-0.05, 0) is 31.6 Å². The Hall–Kier alpha value is -0.810. The van der Waals surface area contributed by atoms with Crippen LogP contribution in [0.5, 0.6) is 0 Å². The molecule has 3 fully saturated rings. The van der Waals surface area contributed by atoms with Crippen molar-refractivity contribution in [1.82, 2.24) is 15.1 Å². The second kappa shape index (κ2) is 6.97. The van der Waals surface area contributed by atoms with Crippen molar-refractivity contribution in [2.24, 2.45) is 11.8 Å². The van der Waals surface area contributed by atoms with E-state index in [9.17, 15) is 9.59 Å². The van der Waals surface area contributed by atoms with Gasteiger partial charge in [-0.2, -0.15) is 0 Å². The number of halogens is 1. The molecule has 0 aromatic carbocycles. The first-order valence-electron chi connectivity index (χ1n) is 7.96. The molecule has 0 aromatic heterocycles. The standard InChI is InChI=1S/C15H25N3O2.ClH/c1-11(12-4-5-12)15(20)17-7-2-3-13(10-17)18-8-6-16-9-14(18)19;/h11-13,16H,2-10H2,1H3;1H. The summed E-state index contributed by atoms with van der Waals surface area (Å²) in [5.74, 6) is 1.28. The molecule has 2 amide bonds. The zero-order valence-electron chi connectivity index (χ0n) is 12.7. The van der Waals surface area contributed by atoms with Crippen LogP contribution in [0.3, 0.4) is 0 Å². The monoisotopic (exact) mass is 315 g/mol. The van der Waals surface area contributed by atoms with E-state index in [1.54, 1.807) is 0 Å². The summed E-state index contributed by atoms with van der Waals surface area (Å²) in [7, 11) is 0. The van der Waals surface area contributed by atoms with Gasteiger partial charge in [0.05, 0.1) is 6.54 Å². The fourth-order valence-electron chi connectivity index (χ4n) is 3.50. The summed E-state index contributed by atoms with van der Waals surface area (Å²) in [6.45, 7) is 5.77. The van der Waals surface area contributed by atoms with Crippen molar-refractivity contribution < 1.29 is 9.59 Å². The topological polar surface area (TPSA) is 52.7 Å². The Balaban J connectivity index is 0.00000161. The number of amides is 2. The molecule has 1 aliphatic carbocycles. The molecule has 2 atom stereocenters. The molecule has 0 spiro atoms. The molecule has 0 bridgehead atoms. The highest BCUT2D eigenvalue weighted by molar-refractivity contribution is 5.85. The van der Waals surface area contributed by atoms with Crippen LogP contribution < -0.4 is 5.32 Å². The number of likely N-dealkylation sites (tertiary alicyclic amines) is 1. The van der Waals surface area contributed by atoms with Crippen LogP contribution in [0.4, 0.5) is 0 Å². The third kappa shape index (κ3) is 3.69. The van der Waals surface area contributed by atoms with Gasteiger partial charge in [-0.1, -0.05) is 6.92 Å². The van der Waals surface area contributed by atoms with Crippen molar-refractivity contribution in [3.63, 3.8) is 0 Å². The fourth-order valence-corrected chi connectivity index (χ4v) is 3.50. The summed E-state index contributed by atoms with van der Waals surface area (Å²) < 4.78 is 0. The van der Waals surface area contributed by atoms with Crippen molar-refractivity contribution in [2.45, 2.75) is 38.6 Å². The zero-order chi connectivity index (χ0) is 14.1. The number of carbonyl (C=O) groups is 2. The Labute approximate surface area is 132 Å². The highest BCUT2D eigenvalue weighted by Gasteiger charge is 2.37. The molecular weight excluding hydrogens is 290 g/mol. The molecule has 3 aliphatic rings. The van der Waals surface area contributed by atoms with Gasteiger partial charge in [-0.25, -0.2) is 0 Å². The molecule has 0 aromatic rings. The zero-order valence-corrected chi connectivity index (χ0v) is 13.5. The van der Waals surface area contributed by atoms with E-state index in [2.05, 4.69) is 12.2 Å². The summed E-state index contributed by atoms with van der Waals surface area (Å²) in [6, 6.07) is 0.230. The highest BCUT2D eigenvalue weighted by atomic mass is 35.5. The number of hydrogen-bond donors (Lipinski definition) is 1. The third-order valence-electron chi connectivity index (χ3n) is 4.99. The lowest BCUT2D eigenvalue weighted by Crippen LogP contribution is -2.58. The maximum atomic E-state index is 12.5. The molecule has 2 heterocycles. The van der Waals surface area contributed by atoms with Crippen molar-refractivity contribution in [1.29, 1.82) is 0 Å². The first-order valence-corrected chi connectivity index (χ1v) is 7.96. The first-order chi connectivity index (χ1) is 9.66. The lowest BCUT2D eigenvalue weighted by Gasteiger charge is -2.41. The average molecular weight is 316 g/mol. The predicted octanol–water partition coefficient (Wildman–Crippen LogP) is 0.877. The fraction of sp³-hybridized carbons (Fsp3) is 0.867. The minimum Gasteiger partial charge on any atom is -0.340 e. The molecule has 3 rings (SSSR count). The molecule has 1 saturated carbocycles. The second-order valence-electron chi connectivity index (χ2n) is 6.47. The van der Waals surface area contributed by atoms with Gasteiger partial charge < -0.3 is 15.1 Å². The van der Waals surface area contributed by atoms with Crippen LogP contribution >= 0.6 is 12.4 Å². The summed E-state index contributed by atoms with van der Waals surface area (Å²) >= 11 is 0. The molecule has 2 saturated heterocycles. The molecule has 0 radical (unpaired) electrons. The smallest absolute Gasteiger partial charge is 0.236 e. The molecule has 2 unspecified atom stereocenters. The Morgan fingerprint density at radius 3 is 2.71 bits per heavy atom. The minimum atomic E-state index is 0. The Kier molecular flexibility index (Phi) is 5.49. The van der Waals surface area contributed by atoms with Gasteiger partial charge in [0.1, 0.15) is 0 Å². The Morgan fingerprint density at radius 2 is 2.05 bits per heavy atom. The van der Waals surface area contributed by atoms with Crippen molar-refractivity contribution in [3.8, 4) is 0 Å². The highest BCUT2D eigenvalue weighted by Crippen LogP contribution is 2.37. The van der Waals surface area contributed by atoms with Gasteiger partial charge in [0.15, 0.2) is 0 Å². The third-order valence-corrected chi connectivity index (χ3v) is 4.99. The van der Waals surface area contributed by atoms with E-state index in [4.69, 9.17) is 0 Å². The molecule has 5 nitrogen and oxygen atoms in total. The number of piperidine rings is 1. The predicted molar refractivity (Wildman–Crippen MR) is 83.3 cm³/mol. The van der Waals surface area contributed by atoms with Crippen LogP contribution in [-0.4, -0.2) is 60.4 Å². The Morgan fingerprint density at radius 1 is 1.29 bits per heavy atom. The number of nitrogens with one attached hydrogen (secondary N) is 1. The van der Waals surface area contributed by atoms with Gasteiger partial charge in [0, 0.05) is 38.1 Å². The van der Waals surface area contributed by atoms with E-state index in [1.807, 2.05) is 9.80 Å². The van der Waals surface area contributed by atoms with Crippen LogP contribution in [-0.2, 0) is 9.59 Å². The summed E-state index contributed by atoms with van der Waals surface area (Å²) in [5.41, 5.74) is 0. The molecule has 21 heavy (non-hydrogen) atoms. The summed E-state index contributed by atoms with van der Waals surface area (Å²) in [6.07, 6.45) is 4.47. The first kappa shape index (κ1) is 16.6. The maximum absolute atomic E-state index is 12.5. The average Bonchev–Trinajstić information content (AvgIpc) is 3.31. The van der Waals surface area contributed by atoms with E-state index in [1.165, 1.54) is 12.8 Å². The van der Waals surface area contributed by atoms with E-state index in [-0.39, 0.29) is 30.3 Å². The van der Waals surface area contributed by atoms with Crippen LogP contribution in [0, 0.1) is 11.8 Å². The second-order valence-corrected chi connectivity index (χ2v) is 6.47. The quantitative estimate of drug-likeness (QED) is 0.841. The maximum Gasteiger partial charge on any atom is 0.236 e. The van der Waals surface area contributed by atoms with Crippen LogP contribution in [0.25, 0.3) is 0 Å². The summed E-state index contributed by atoms with van der Waals surface area (Å²) in [5, 5.41) is 3.11. The van der Waals surface area contributed by atoms with Crippen molar-refractivity contribution >= 4 is 24.2 Å². The number of rotatable bonds is 3. The van der Waals surface area contributed by atoms with E-state index >= 15 is 0 Å². The molecule has 6 heteroatoms. The molecule has 2 aliphatic heterocycles. The van der Waals surface area contributed by atoms with Gasteiger partial charge in [-0.3, -0.25) is 9.59 Å². The molecular formula is C15H26ClN3O2. The minimum absolute atomic E-state index is 0. The Bertz CT molecular complexity index is 400. The van der Waals surface area contributed by atoms with Gasteiger partial charge >= 0.3 is 0 Å². The van der Waals surface area contributed by atoms with Crippen LogP contribution in [0.15, 0.2) is 0 Å². The van der Waals surface area contributed by atoms with Gasteiger partial charge in [0.25, 0.3) is 0 Å². The molecule has 120 valence electrons. The van der Waals surface area contributed by atoms with Gasteiger partial charge in [0.2, 0.25) is 11.8 Å². The number of nitrogens with zero attached hydrogens (tertiary/aromatic N) is 2. The lowest BCUT2D eigenvalue weighted by molar-refractivity contribution is -0.142. The van der Waals surface area contributed by atoms with E-state index < -0.39 is 0 Å². The van der Waals surface area contributed by atoms with E-state index in [0.717, 1.165) is 39.0 Å². The SMILES string of the molecule is CC(C(=O)N1CCCC(N2CCNCC2=O)C1)C1CC1.Cl. The normalized spacial score (nSPS) is 28.0. The van der Waals surface area contributed by atoms with Crippen LogP contribution in [0.1, 0.15) is 32.6 Å². The van der Waals surface area contributed by atoms with Crippen molar-refractivity contribution in [3.05, 3.63) is 0 Å². The van der Waals surface area contributed by atoms with Gasteiger partial charge in [-0.15, -0.1) is 12.4 Å². The largest absolute Gasteiger partial charge is 0.340 e. The lowest BCUT2D eigenvalue weighted by atomic mass is 9.99. The summed E-state index contributed by atoms with van der Waals surface area (Å²) in [4.78, 5) is 28.5. The number of piperazine rings is 1.